The molecular formula is C22H22N2O3. The first-order valence-electron chi connectivity index (χ1n) is 9.05. The molecule has 0 saturated heterocycles. The van der Waals surface area contributed by atoms with Crippen molar-refractivity contribution in [2.45, 2.75) is 31.9 Å². The van der Waals surface area contributed by atoms with E-state index in [2.05, 4.69) is 55.2 Å². The van der Waals surface area contributed by atoms with E-state index >= 15 is 0 Å². The molecule has 0 spiro atoms. The fourth-order valence-electron chi connectivity index (χ4n) is 3.32. The molecule has 27 heavy (non-hydrogen) atoms. The van der Waals surface area contributed by atoms with Crippen LogP contribution in [-0.4, -0.2) is 22.3 Å². The van der Waals surface area contributed by atoms with Gasteiger partial charge in [0.25, 0.3) is 11.6 Å². The summed E-state index contributed by atoms with van der Waals surface area (Å²) < 4.78 is 13.4. The van der Waals surface area contributed by atoms with Crippen LogP contribution < -0.4 is 15.0 Å². The van der Waals surface area contributed by atoms with Crippen LogP contribution in [0.15, 0.2) is 71.7 Å². The maximum absolute atomic E-state index is 11.3. The molecule has 0 radical (unpaired) electrons. The minimum atomic E-state index is -0.292. The van der Waals surface area contributed by atoms with Crippen molar-refractivity contribution in [2.24, 2.45) is 0 Å². The Kier molecular flexibility index (Phi) is 4.44. The van der Waals surface area contributed by atoms with E-state index in [0.29, 0.717) is 19.2 Å². The summed E-state index contributed by atoms with van der Waals surface area (Å²) >= 11 is 0. The summed E-state index contributed by atoms with van der Waals surface area (Å²) in [5.74, 6) is 0.796. The molecule has 2 aromatic carbocycles. The van der Waals surface area contributed by atoms with Crippen LogP contribution in [0.5, 0.6) is 11.8 Å². The van der Waals surface area contributed by atoms with Gasteiger partial charge in [-0.3, -0.25) is 9.36 Å². The van der Waals surface area contributed by atoms with Gasteiger partial charge in [-0.25, -0.2) is 0 Å². The van der Waals surface area contributed by atoms with Gasteiger partial charge in [-0.05, 0) is 23.3 Å². The first-order valence-corrected chi connectivity index (χ1v) is 9.05. The van der Waals surface area contributed by atoms with Crippen molar-refractivity contribution in [1.82, 2.24) is 9.55 Å². The first kappa shape index (κ1) is 17.3. The predicted molar refractivity (Wildman–Crippen MR) is 103 cm³/mol. The third kappa shape index (κ3) is 3.58. The number of ether oxygens (including phenoxy) is 2. The normalized spacial score (nSPS) is 15.9. The molecule has 1 aliphatic heterocycles. The van der Waals surface area contributed by atoms with Crippen molar-refractivity contribution < 1.29 is 9.47 Å². The SMILES string of the molecule is CC(C)(c1ccccc1)c1ccc(OCC2Cn3ccc(=O)nc3O2)cc1. The average Bonchev–Trinajstić information content (AvgIpc) is 3.09. The highest BCUT2D eigenvalue weighted by Crippen LogP contribution is 2.32. The molecule has 0 amide bonds. The smallest absolute Gasteiger partial charge is 0.300 e. The molecule has 0 saturated carbocycles. The van der Waals surface area contributed by atoms with Gasteiger partial charge in [-0.15, -0.1) is 0 Å². The molecule has 3 aromatic rings. The van der Waals surface area contributed by atoms with E-state index in [1.165, 1.54) is 17.2 Å². The second-order valence-corrected chi connectivity index (χ2v) is 7.27. The Morgan fingerprint density at radius 3 is 2.52 bits per heavy atom. The summed E-state index contributed by atoms with van der Waals surface area (Å²) in [6.07, 6.45) is 1.55. The topological polar surface area (TPSA) is 53.4 Å². The van der Waals surface area contributed by atoms with Crippen LogP contribution in [0.3, 0.4) is 0 Å². The van der Waals surface area contributed by atoms with Crippen LogP contribution in [0.4, 0.5) is 0 Å². The van der Waals surface area contributed by atoms with Gasteiger partial charge in [-0.2, -0.15) is 4.98 Å². The molecule has 2 heterocycles. The van der Waals surface area contributed by atoms with Crippen molar-refractivity contribution in [3.8, 4) is 11.8 Å². The lowest BCUT2D eigenvalue weighted by molar-refractivity contribution is 0.143. The maximum Gasteiger partial charge on any atom is 0.300 e. The molecule has 0 aliphatic carbocycles. The molecule has 0 fully saturated rings. The summed E-state index contributed by atoms with van der Waals surface area (Å²) in [6, 6.07) is 20.4. The summed E-state index contributed by atoms with van der Waals surface area (Å²) in [5.41, 5.74) is 2.14. The lowest BCUT2D eigenvalue weighted by Gasteiger charge is -2.26. The van der Waals surface area contributed by atoms with Gasteiger partial charge in [0.1, 0.15) is 12.4 Å². The van der Waals surface area contributed by atoms with Crippen LogP contribution in [0.1, 0.15) is 25.0 Å². The van der Waals surface area contributed by atoms with Crippen LogP contribution in [0, 0.1) is 0 Å². The van der Waals surface area contributed by atoms with Crippen molar-refractivity contribution in [2.75, 3.05) is 6.61 Å². The molecule has 4 rings (SSSR count). The summed E-state index contributed by atoms with van der Waals surface area (Å²) in [6.45, 7) is 5.47. The van der Waals surface area contributed by atoms with Gasteiger partial charge in [0.05, 0.1) is 6.54 Å². The van der Waals surface area contributed by atoms with E-state index in [1.54, 1.807) is 6.20 Å². The fourth-order valence-corrected chi connectivity index (χ4v) is 3.32. The van der Waals surface area contributed by atoms with Crippen LogP contribution in [-0.2, 0) is 12.0 Å². The maximum atomic E-state index is 11.3. The fraction of sp³-hybridized carbons (Fsp3) is 0.273. The third-order valence-corrected chi connectivity index (χ3v) is 5.03. The number of nitrogens with zero attached hydrogens (tertiary/aromatic N) is 2. The molecule has 5 heteroatoms. The number of aromatic nitrogens is 2. The second kappa shape index (κ2) is 6.91. The Labute approximate surface area is 158 Å². The predicted octanol–water partition coefficient (Wildman–Crippen LogP) is 3.41. The van der Waals surface area contributed by atoms with E-state index in [0.717, 1.165) is 5.75 Å². The van der Waals surface area contributed by atoms with E-state index in [1.807, 2.05) is 22.8 Å². The highest BCUT2D eigenvalue weighted by Gasteiger charge is 2.25. The van der Waals surface area contributed by atoms with Gasteiger partial charge in [0.15, 0.2) is 6.10 Å². The van der Waals surface area contributed by atoms with Crippen LogP contribution >= 0.6 is 0 Å². The Morgan fingerprint density at radius 2 is 1.78 bits per heavy atom. The number of hydrogen-bond acceptors (Lipinski definition) is 4. The van der Waals surface area contributed by atoms with E-state index < -0.39 is 0 Å². The monoisotopic (exact) mass is 362 g/mol. The van der Waals surface area contributed by atoms with Crippen LogP contribution in [0.25, 0.3) is 0 Å². The summed E-state index contributed by atoms with van der Waals surface area (Å²) in [7, 11) is 0. The van der Waals surface area contributed by atoms with Gasteiger partial charge >= 0.3 is 0 Å². The summed E-state index contributed by atoms with van der Waals surface area (Å²) in [4.78, 5) is 15.2. The number of fused-ring (bicyclic) bond motifs is 1. The first-order chi connectivity index (χ1) is 13.0. The third-order valence-electron chi connectivity index (χ3n) is 5.03. The number of rotatable bonds is 5. The molecule has 138 valence electrons. The zero-order valence-corrected chi connectivity index (χ0v) is 15.5. The molecule has 1 unspecified atom stereocenters. The van der Waals surface area contributed by atoms with E-state index in [9.17, 15) is 4.79 Å². The Morgan fingerprint density at radius 1 is 1.07 bits per heavy atom. The molecule has 0 bridgehead atoms. The minimum absolute atomic E-state index is 0.0751. The zero-order valence-electron chi connectivity index (χ0n) is 15.5. The van der Waals surface area contributed by atoms with Crippen molar-refractivity contribution >= 4 is 0 Å². The second-order valence-electron chi connectivity index (χ2n) is 7.27. The highest BCUT2D eigenvalue weighted by molar-refractivity contribution is 5.39. The molecule has 0 N–H and O–H groups in total. The highest BCUT2D eigenvalue weighted by atomic mass is 16.6. The van der Waals surface area contributed by atoms with E-state index in [-0.39, 0.29) is 17.1 Å². The molecule has 5 nitrogen and oxygen atoms in total. The number of benzene rings is 2. The molecule has 1 atom stereocenters. The van der Waals surface area contributed by atoms with E-state index in [4.69, 9.17) is 9.47 Å². The van der Waals surface area contributed by atoms with Gasteiger partial charge in [-0.1, -0.05) is 56.3 Å². The molecular weight excluding hydrogens is 340 g/mol. The lowest BCUT2D eigenvalue weighted by atomic mass is 9.78. The summed E-state index contributed by atoms with van der Waals surface area (Å²) in [5, 5.41) is 0. The van der Waals surface area contributed by atoms with Gasteiger partial charge < -0.3 is 9.47 Å². The Bertz CT molecular complexity index is 978. The van der Waals surface area contributed by atoms with Crippen molar-refractivity contribution in [3.05, 3.63) is 88.3 Å². The van der Waals surface area contributed by atoms with Gasteiger partial charge in [0.2, 0.25) is 0 Å². The van der Waals surface area contributed by atoms with Gasteiger partial charge in [0, 0.05) is 17.7 Å². The Balaban J connectivity index is 1.40. The standard InChI is InChI=1S/C22H22N2O3/c1-22(2,16-6-4-3-5-7-16)17-8-10-18(11-9-17)26-15-19-14-24-13-12-20(25)23-21(24)27-19/h3-13,19H,14-15H2,1-2H3. The average molecular weight is 362 g/mol. The lowest BCUT2D eigenvalue weighted by Crippen LogP contribution is -2.23. The number of hydrogen-bond donors (Lipinski definition) is 0. The molecule has 1 aliphatic rings. The van der Waals surface area contributed by atoms with Crippen LogP contribution in [0.2, 0.25) is 0 Å². The van der Waals surface area contributed by atoms with Crippen molar-refractivity contribution in [1.29, 1.82) is 0 Å². The minimum Gasteiger partial charge on any atom is -0.490 e. The molecule has 1 aromatic heterocycles. The largest absolute Gasteiger partial charge is 0.490 e. The zero-order chi connectivity index (χ0) is 18.9. The Hall–Kier alpha value is -3.08. The quantitative estimate of drug-likeness (QED) is 0.698. The van der Waals surface area contributed by atoms with Crippen molar-refractivity contribution in [3.63, 3.8) is 0 Å².